The Kier molecular flexibility index (Phi) is 5.89. The average molecular weight is 365 g/mol. The summed E-state index contributed by atoms with van der Waals surface area (Å²) in [4.78, 5) is 25.5. The van der Waals surface area contributed by atoms with Gasteiger partial charge in [-0.3, -0.25) is 9.59 Å². The van der Waals surface area contributed by atoms with Gasteiger partial charge in [0, 0.05) is 19.6 Å². The fourth-order valence-electron chi connectivity index (χ4n) is 2.06. The van der Waals surface area contributed by atoms with Gasteiger partial charge in [0.15, 0.2) is 16.7 Å². The zero-order valence-corrected chi connectivity index (χ0v) is 15.9. The quantitative estimate of drug-likeness (QED) is 0.781. The summed E-state index contributed by atoms with van der Waals surface area (Å²) in [5, 5.41) is 11.6. The molecule has 8 nitrogen and oxygen atoms in total. The van der Waals surface area contributed by atoms with Crippen LogP contribution in [0.5, 0.6) is 0 Å². The number of hydrogen-bond donors (Lipinski definition) is 1. The van der Waals surface area contributed by atoms with Crippen molar-refractivity contribution in [2.24, 2.45) is 7.05 Å². The number of nitrogens with one attached hydrogen (secondary N) is 1. The van der Waals surface area contributed by atoms with Crippen molar-refractivity contribution in [3.63, 3.8) is 0 Å². The molecule has 9 heteroatoms. The van der Waals surface area contributed by atoms with Crippen LogP contribution in [0.4, 0.5) is 0 Å². The molecule has 0 aliphatic rings. The van der Waals surface area contributed by atoms with Crippen LogP contribution in [0.3, 0.4) is 0 Å². The number of carbonyl (C=O) groups is 2. The first-order valence-corrected chi connectivity index (χ1v) is 8.77. The minimum absolute atomic E-state index is 0.0210. The molecular weight excluding hydrogens is 342 g/mol. The Bertz CT molecular complexity index is 734. The second-order valence-electron chi connectivity index (χ2n) is 6.68. The van der Waals surface area contributed by atoms with Crippen molar-refractivity contribution in [2.75, 3.05) is 19.3 Å². The Morgan fingerprint density at radius 2 is 2.08 bits per heavy atom. The predicted molar refractivity (Wildman–Crippen MR) is 95.0 cm³/mol. The van der Waals surface area contributed by atoms with E-state index < -0.39 is 0 Å². The molecule has 0 aromatic carbocycles. The van der Waals surface area contributed by atoms with E-state index in [9.17, 15) is 9.59 Å². The number of carbonyl (C=O) groups excluding carboxylic acids is 2. The molecule has 136 valence electrons. The molecule has 0 aliphatic carbocycles. The predicted octanol–water partition coefficient (Wildman–Crippen LogP) is 1.54. The normalized spacial score (nSPS) is 11.4. The third-order valence-electron chi connectivity index (χ3n) is 3.22. The highest BCUT2D eigenvalue weighted by Gasteiger charge is 2.19. The highest BCUT2D eigenvalue weighted by molar-refractivity contribution is 7.99. The van der Waals surface area contributed by atoms with Gasteiger partial charge in [-0.15, -0.1) is 10.2 Å². The number of furan rings is 1. The van der Waals surface area contributed by atoms with Crippen molar-refractivity contribution in [2.45, 2.75) is 31.5 Å². The minimum Gasteiger partial charge on any atom is -0.461 e. The van der Waals surface area contributed by atoms with Crippen molar-refractivity contribution in [3.05, 3.63) is 18.4 Å². The molecule has 0 bridgehead atoms. The van der Waals surface area contributed by atoms with Gasteiger partial charge in [-0.1, -0.05) is 11.8 Å². The van der Waals surface area contributed by atoms with Gasteiger partial charge >= 0.3 is 0 Å². The SMILES string of the molecule is CN(CC(=O)NC(C)(C)C)C(=O)CSc1nnc(-c2ccco2)n1C. The fourth-order valence-corrected chi connectivity index (χ4v) is 2.91. The van der Waals surface area contributed by atoms with Gasteiger partial charge < -0.3 is 19.2 Å². The summed E-state index contributed by atoms with van der Waals surface area (Å²) in [5.41, 5.74) is -0.323. The number of rotatable bonds is 6. The molecule has 0 aliphatic heterocycles. The summed E-state index contributed by atoms with van der Waals surface area (Å²) in [7, 11) is 3.42. The van der Waals surface area contributed by atoms with Crippen molar-refractivity contribution < 1.29 is 14.0 Å². The van der Waals surface area contributed by atoms with Gasteiger partial charge in [0.25, 0.3) is 0 Å². The Labute approximate surface area is 151 Å². The molecule has 25 heavy (non-hydrogen) atoms. The molecule has 2 amide bonds. The molecule has 2 aromatic rings. The molecule has 0 radical (unpaired) electrons. The molecule has 0 fully saturated rings. The van der Waals surface area contributed by atoms with Crippen LogP contribution in [-0.2, 0) is 16.6 Å². The van der Waals surface area contributed by atoms with Crippen LogP contribution in [0.15, 0.2) is 28.0 Å². The summed E-state index contributed by atoms with van der Waals surface area (Å²) in [6.07, 6.45) is 1.57. The van der Waals surface area contributed by atoms with E-state index in [0.29, 0.717) is 16.7 Å². The lowest BCUT2D eigenvalue weighted by Crippen LogP contribution is -2.46. The minimum atomic E-state index is -0.323. The van der Waals surface area contributed by atoms with Crippen LogP contribution < -0.4 is 5.32 Å². The third kappa shape index (κ3) is 5.35. The fraction of sp³-hybridized carbons (Fsp3) is 0.500. The van der Waals surface area contributed by atoms with Crippen LogP contribution in [0.1, 0.15) is 20.8 Å². The van der Waals surface area contributed by atoms with E-state index >= 15 is 0 Å². The maximum absolute atomic E-state index is 12.2. The topological polar surface area (TPSA) is 93.3 Å². The van der Waals surface area contributed by atoms with Crippen LogP contribution in [-0.4, -0.2) is 56.4 Å². The van der Waals surface area contributed by atoms with E-state index in [-0.39, 0.29) is 29.7 Å². The summed E-state index contributed by atoms with van der Waals surface area (Å²) in [6.45, 7) is 5.71. The molecule has 2 rings (SSSR count). The number of nitrogens with zero attached hydrogens (tertiary/aromatic N) is 4. The largest absolute Gasteiger partial charge is 0.461 e. The van der Waals surface area contributed by atoms with E-state index in [4.69, 9.17) is 4.42 Å². The second-order valence-corrected chi connectivity index (χ2v) is 7.62. The van der Waals surface area contributed by atoms with Crippen molar-refractivity contribution in [3.8, 4) is 11.6 Å². The maximum atomic E-state index is 12.2. The highest BCUT2D eigenvalue weighted by atomic mass is 32.2. The molecule has 0 saturated heterocycles. The standard InChI is InChI=1S/C16H23N5O3S/c1-16(2,3)17-12(22)9-20(4)13(23)10-25-15-19-18-14(21(15)5)11-7-6-8-24-11/h6-8H,9-10H2,1-5H3,(H,17,22). The van der Waals surface area contributed by atoms with Gasteiger partial charge in [-0.25, -0.2) is 0 Å². The summed E-state index contributed by atoms with van der Waals surface area (Å²) in [5.74, 6) is 1.04. The molecule has 0 spiro atoms. The van der Waals surface area contributed by atoms with Gasteiger partial charge in [0.05, 0.1) is 18.6 Å². The molecule has 0 atom stereocenters. The molecule has 2 heterocycles. The van der Waals surface area contributed by atoms with Gasteiger partial charge in [0.1, 0.15) is 0 Å². The summed E-state index contributed by atoms with van der Waals surface area (Å²) >= 11 is 1.27. The Morgan fingerprint density at radius 1 is 1.36 bits per heavy atom. The summed E-state index contributed by atoms with van der Waals surface area (Å²) in [6, 6.07) is 3.57. The van der Waals surface area contributed by atoms with Gasteiger partial charge in [-0.2, -0.15) is 0 Å². The van der Waals surface area contributed by atoms with Crippen molar-refractivity contribution in [1.82, 2.24) is 25.0 Å². The molecular formula is C16H23N5O3S. The Balaban J connectivity index is 1.89. The monoisotopic (exact) mass is 365 g/mol. The first-order valence-electron chi connectivity index (χ1n) is 7.78. The second kappa shape index (κ2) is 7.73. The van der Waals surface area contributed by atoms with E-state index in [1.807, 2.05) is 27.8 Å². The number of amides is 2. The van der Waals surface area contributed by atoms with E-state index in [1.165, 1.54) is 16.7 Å². The Hall–Kier alpha value is -2.29. The van der Waals surface area contributed by atoms with Crippen LogP contribution in [0, 0.1) is 0 Å². The van der Waals surface area contributed by atoms with Crippen molar-refractivity contribution >= 4 is 23.6 Å². The highest BCUT2D eigenvalue weighted by Crippen LogP contribution is 2.22. The lowest BCUT2D eigenvalue weighted by Gasteiger charge is -2.23. The van der Waals surface area contributed by atoms with Crippen molar-refractivity contribution in [1.29, 1.82) is 0 Å². The zero-order valence-electron chi connectivity index (χ0n) is 15.1. The molecule has 2 aromatic heterocycles. The van der Waals surface area contributed by atoms with E-state index in [2.05, 4.69) is 15.5 Å². The number of hydrogen-bond acceptors (Lipinski definition) is 6. The van der Waals surface area contributed by atoms with Gasteiger partial charge in [0.2, 0.25) is 11.8 Å². The smallest absolute Gasteiger partial charge is 0.240 e. The van der Waals surface area contributed by atoms with Crippen LogP contribution in [0.2, 0.25) is 0 Å². The summed E-state index contributed by atoms with van der Waals surface area (Å²) < 4.78 is 7.08. The first kappa shape index (κ1) is 19.0. The first-order chi connectivity index (χ1) is 11.7. The lowest BCUT2D eigenvalue weighted by molar-refractivity contribution is -0.133. The maximum Gasteiger partial charge on any atom is 0.240 e. The molecule has 0 unspecified atom stereocenters. The number of thioether (sulfide) groups is 1. The molecule has 0 saturated carbocycles. The third-order valence-corrected chi connectivity index (χ3v) is 4.23. The average Bonchev–Trinajstić information content (AvgIpc) is 3.12. The molecule has 1 N–H and O–H groups in total. The van der Waals surface area contributed by atoms with Crippen LogP contribution in [0.25, 0.3) is 11.6 Å². The Morgan fingerprint density at radius 3 is 2.68 bits per heavy atom. The van der Waals surface area contributed by atoms with E-state index in [0.717, 1.165) is 0 Å². The number of aromatic nitrogens is 3. The van der Waals surface area contributed by atoms with Gasteiger partial charge in [-0.05, 0) is 32.9 Å². The number of likely N-dealkylation sites (N-methyl/N-ethyl adjacent to an activating group) is 1. The van der Waals surface area contributed by atoms with Crippen LogP contribution >= 0.6 is 11.8 Å². The van der Waals surface area contributed by atoms with E-state index in [1.54, 1.807) is 30.0 Å². The zero-order chi connectivity index (χ0) is 18.6. The lowest BCUT2D eigenvalue weighted by atomic mass is 10.1.